The van der Waals surface area contributed by atoms with Gasteiger partial charge >= 0.3 is 0 Å². The molecule has 2 aromatic rings. The molecule has 1 aromatic carbocycles. The second kappa shape index (κ2) is 10.8. The highest BCUT2D eigenvalue weighted by atomic mass is 32.1. The summed E-state index contributed by atoms with van der Waals surface area (Å²) in [6.07, 6.45) is 5.01. The van der Waals surface area contributed by atoms with Gasteiger partial charge in [-0.25, -0.2) is 4.98 Å². The topological polar surface area (TPSA) is 48.9 Å². The minimum Gasteiger partial charge on any atom is -0.494 e. The third-order valence-electron chi connectivity index (χ3n) is 7.54. The van der Waals surface area contributed by atoms with Crippen molar-refractivity contribution < 1.29 is 9.53 Å². The largest absolute Gasteiger partial charge is 0.494 e. The number of rotatable bonds is 8. The van der Waals surface area contributed by atoms with Crippen LogP contribution in [0.4, 0.5) is 0 Å². The van der Waals surface area contributed by atoms with E-state index in [1.807, 2.05) is 4.90 Å². The van der Waals surface area contributed by atoms with Crippen LogP contribution in [0.25, 0.3) is 10.6 Å². The molecule has 1 amide bonds. The van der Waals surface area contributed by atoms with E-state index >= 15 is 0 Å². The monoisotopic (exact) mass is 482 g/mol. The smallest absolute Gasteiger partial charge is 0.226 e. The predicted molar refractivity (Wildman–Crippen MR) is 138 cm³/mol. The molecule has 1 aromatic heterocycles. The number of nitrogens with zero attached hydrogens (tertiary/aromatic N) is 4. The molecule has 1 atom stereocenters. The Morgan fingerprint density at radius 3 is 2.47 bits per heavy atom. The normalized spacial score (nSPS) is 21.4. The van der Waals surface area contributed by atoms with Crippen LogP contribution in [0.1, 0.15) is 43.7 Å². The fourth-order valence-corrected chi connectivity index (χ4v) is 6.58. The van der Waals surface area contributed by atoms with Gasteiger partial charge in [-0.15, -0.1) is 11.3 Å². The molecule has 0 bridgehead atoms. The summed E-state index contributed by atoms with van der Waals surface area (Å²) < 4.78 is 6.00. The van der Waals surface area contributed by atoms with Gasteiger partial charge in [0, 0.05) is 74.6 Å². The van der Waals surface area contributed by atoms with Gasteiger partial charge in [-0.05, 0) is 63.8 Å². The molecule has 0 saturated carbocycles. The second-order valence-corrected chi connectivity index (χ2v) is 11.3. The van der Waals surface area contributed by atoms with E-state index in [4.69, 9.17) is 9.72 Å². The predicted octanol–water partition coefficient (Wildman–Crippen LogP) is 3.94. The maximum atomic E-state index is 12.7. The Bertz CT molecular complexity index is 936. The molecule has 34 heavy (non-hydrogen) atoms. The van der Waals surface area contributed by atoms with Crippen molar-refractivity contribution in [2.45, 2.75) is 52.0 Å². The Morgan fingerprint density at radius 2 is 1.79 bits per heavy atom. The zero-order valence-electron chi connectivity index (χ0n) is 20.7. The number of hydrogen-bond acceptors (Lipinski definition) is 6. The molecule has 1 aliphatic carbocycles. The molecule has 6 nitrogen and oxygen atoms in total. The van der Waals surface area contributed by atoms with Crippen LogP contribution in [0.5, 0.6) is 5.75 Å². The van der Waals surface area contributed by atoms with Gasteiger partial charge in [-0.2, -0.15) is 0 Å². The Hall–Kier alpha value is -1.96. The number of piperazine rings is 1. The third kappa shape index (κ3) is 5.47. The number of likely N-dealkylation sites (tertiary alicyclic amines) is 1. The summed E-state index contributed by atoms with van der Waals surface area (Å²) in [6, 6.07) is 8.99. The number of carbonyl (C=O) groups excluding carboxylic acids is 1. The average Bonchev–Trinajstić information content (AvgIpc) is 3.59. The van der Waals surface area contributed by atoms with Gasteiger partial charge in [0.05, 0.1) is 12.3 Å². The lowest BCUT2D eigenvalue weighted by Gasteiger charge is -2.36. The molecule has 3 heterocycles. The van der Waals surface area contributed by atoms with E-state index in [2.05, 4.69) is 47.9 Å². The number of carbonyl (C=O) groups is 1. The van der Waals surface area contributed by atoms with Crippen LogP contribution in [0.15, 0.2) is 24.3 Å². The first kappa shape index (κ1) is 23.8. The van der Waals surface area contributed by atoms with Crippen LogP contribution >= 0.6 is 11.3 Å². The lowest BCUT2D eigenvalue weighted by atomic mass is 10.1. The second-order valence-electron chi connectivity index (χ2n) is 10.2. The van der Waals surface area contributed by atoms with Gasteiger partial charge in [-0.3, -0.25) is 9.69 Å². The Morgan fingerprint density at radius 1 is 1.06 bits per heavy atom. The van der Waals surface area contributed by atoms with Crippen LogP contribution in [0.2, 0.25) is 0 Å². The number of benzene rings is 1. The summed E-state index contributed by atoms with van der Waals surface area (Å²) in [5.74, 6) is 1.37. The number of fused-ring (bicyclic) bond motifs is 1. The molecular weight excluding hydrogens is 444 g/mol. The fraction of sp³-hybridized carbons (Fsp3) is 0.630. The zero-order chi connectivity index (χ0) is 23.5. The quantitative estimate of drug-likeness (QED) is 0.534. The number of thiazole rings is 1. The van der Waals surface area contributed by atoms with Crippen molar-refractivity contribution in [2.24, 2.45) is 5.92 Å². The van der Waals surface area contributed by atoms with Crippen molar-refractivity contribution in [3.8, 4) is 16.3 Å². The number of aromatic nitrogens is 1. The number of ether oxygens (including phenoxy) is 1. The van der Waals surface area contributed by atoms with Crippen molar-refractivity contribution in [3.05, 3.63) is 34.8 Å². The Kier molecular flexibility index (Phi) is 7.52. The first-order valence-corrected chi connectivity index (χ1v) is 13.9. The molecule has 184 valence electrons. The molecule has 2 aliphatic heterocycles. The molecule has 0 spiro atoms. The highest BCUT2D eigenvalue weighted by Gasteiger charge is 2.34. The minimum atomic E-state index is 0.107. The van der Waals surface area contributed by atoms with Crippen molar-refractivity contribution in [3.63, 3.8) is 0 Å². The standard InChI is InChI=1S/C27H38N4O2S/c1-20(2)30-15-13-29(14-16-30)10-5-17-33-23-8-6-21(7-9-23)26-28-24-18-22(19-25(24)34-26)27(32)31-11-3-4-12-31/h6-9,20,22H,3-5,10-19H2,1-2H3. The fourth-order valence-electron chi connectivity index (χ4n) is 5.40. The van der Waals surface area contributed by atoms with E-state index in [9.17, 15) is 4.79 Å². The lowest BCUT2D eigenvalue weighted by molar-refractivity contribution is -0.134. The molecule has 2 saturated heterocycles. The van der Waals surface area contributed by atoms with Crippen LogP contribution in [-0.2, 0) is 17.6 Å². The van der Waals surface area contributed by atoms with Crippen LogP contribution in [0.3, 0.4) is 0 Å². The zero-order valence-corrected chi connectivity index (χ0v) is 21.5. The van der Waals surface area contributed by atoms with Crippen LogP contribution < -0.4 is 4.74 Å². The highest BCUT2D eigenvalue weighted by molar-refractivity contribution is 7.15. The molecule has 5 rings (SSSR count). The number of hydrogen-bond donors (Lipinski definition) is 0. The van der Waals surface area contributed by atoms with Crippen LogP contribution in [-0.4, -0.2) is 84.1 Å². The summed E-state index contributed by atoms with van der Waals surface area (Å²) in [5.41, 5.74) is 2.27. The SMILES string of the molecule is CC(C)N1CCN(CCCOc2ccc(-c3nc4c(s3)CC(C(=O)N3CCCC3)C4)cc2)CC1. The van der Waals surface area contributed by atoms with E-state index in [-0.39, 0.29) is 5.92 Å². The van der Waals surface area contributed by atoms with Gasteiger partial charge in [-0.1, -0.05) is 0 Å². The van der Waals surface area contributed by atoms with Gasteiger partial charge in [0.1, 0.15) is 10.8 Å². The molecule has 0 radical (unpaired) electrons. The highest BCUT2D eigenvalue weighted by Crippen LogP contribution is 2.37. The van der Waals surface area contributed by atoms with Crippen molar-refractivity contribution in [2.75, 3.05) is 52.4 Å². The van der Waals surface area contributed by atoms with E-state index < -0.39 is 0 Å². The first-order valence-electron chi connectivity index (χ1n) is 13.0. The van der Waals surface area contributed by atoms with Gasteiger partial charge in [0.15, 0.2) is 0 Å². The van der Waals surface area contributed by atoms with E-state index in [1.165, 1.54) is 18.0 Å². The summed E-state index contributed by atoms with van der Waals surface area (Å²) >= 11 is 1.75. The molecule has 2 fully saturated rings. The maximum Gasteiger partial charge on any atom is 0.226 e. The van der Waals surface area contributed by atoms with Crippen LogP contribution in [0, 0.1) is 5.92 Å². The van der Waals surface area contributed by atoms with Gasteiger partial charge in [0.2, 0.25) is 5.91 Å². The first-order chi connectivity index (χ1) is 16.6. The summed E-state index contributed by atoms with van der Waals surface area (Å²) in [5, 5.41) is 1.06. The molecule has 1 unspecified atom stereocenters. The van der Waals surface area contributed by atoms with E-state index in [1.54, 1.807) is 11.3 Å². The Balaban J connectivity index is 1.06. The van der Waals surface area contributed by atoms with Gasteiger partial charge in [0.25, 0.3) is 0 Å². The van der Waals surface area contributed by atoms with Crippen molar-refractivity contribution in [1.82, 2.24) is 19.7 Å². The summed E-state index contributed by atoms with van der Waals surface area (Å²) in [7, 11) is 0. The lowest BCUT2D eigenvalue weighted by Crippen LogP contribution is -2.49. The third-order valence-corrected chi connectivity index (χ3v) is 8.71. The average molecular weight is 483 g/mol. The summed E-state index contributed by atoms with van der Waals surface area (Å²) in [4.78, 5) is 26.1. The molecule has 3 aliphatic rings. The Labute approximate surface area is 207 Å². The van der Waals surface area contributed by atoms with Crippen molar-refractivity contribution >= 4 is 17.2 Å². The number of amides is 1. The maximum absolute atomic E-state index is 12.7. The van der Waals surface area contributed by atoms with E-state index in [0.717, 1.165) is 93.4 Å². The molecular formula is C27H38N4O2S. The van der Waals surface area contributed by atoms with Gasteiger partial charge < -0.3 is 14.5 Å². The summed E-state index contributed by atoms with van der Waals surface area (Å²) in [6.45, 7) is 13.0. The van der Waals surface area contributed by atoms with E-state index in [0.29, 0.717) is 11.9 Å². The minimum absolute atomic E-state index is 0.107. The van der Waals surface area contributed by atoms with Crippen molar-refractivity contribution in [1.29, 1.82) is 0 Å². The molecule has 0 N–H and O–H groups in total. The molecule has 7 heteroatoms.